The quantitative estimate of drug-likeness (QED) is 0.655. The molecule has 0 N–H and O–H groups in total. The van der Waals surface area contributed by atoms with Crippen LogP contribution in [0.2, 0.25) is 0 Å². The van der Waals surface area contributed by atoms with Crippen molar-refractivity contribution in [1.29, 1.82) is 0 Å². The first-order valence-corrected chi connectivity index (χ1v) is 7.32. The Labute approximate surface area is 123 Å². The Hall–Kier alpha value is -1.72. The van der Waals surface area contributed by atoms with E-state index in [1.54, 1.807) is 7.05 Å². The highest BCUT2D eigenvalue weighted by atomic mass is 16.5. The van der Waals surface area contributed by atoms with Crippen LogP contribution in [0.3, 0.4) is 0 Å². The van der Waals surface area contributed by atoms with Crippen molar-refractivity contribution < 1.29 is 14.3 Å². The minimum atomic E-state index is -0.781. The lowest BCUT2D eigenvalue weighted by molar-refractivity contribution is -0.178. The van der Waals surface area contributed by atoms with E-state index < -0.39 is 11.6 Å². The first-order valence-electron chi connectivity index (χ1n) is 7.32. The Morgan fingerprint density at radius 2 is 1.95 bits per heavy atom. The molecule has 5 nitrogen and oxygen atoms in total. The van der Waals surface area contributed by atoms with Gasteiger partial charge < -0.3 is 4.74 Å². The molecule has 1 spiro atoms. The lowest BCUT2D eigenvalue weighted by Crippen LogP contribution is -2.51. The van der Waals surface area contributed by atoms with Gasteiger partial charge in [-0.25, -0.2) is 0 Å². The fourth-order valence-electron chi connectivity index (χ4n) is 4.23. The summed E-state index contributed by atoms with van der Waals surface area (Å²) >= 11 is 0. The number of hydrogen-bond donors (Lipinski definition) is 0. The van der Waals surface area contributed by atoms with Crippen molar-refractivity contribution in [3.05, 3.63) is 35.4 Å². The third-order valence-corrected chi connectivity index (χ3v) is 5.20. The number of carbonyl (C=O) groups is 2. The third kappa shape index (κ3) is 1.43. The van der Waals surface area contributed by atoms with Crippen LogP contribution in [0.1, 0.15) is 11.1 Å². The molecule has 21 heavy (non-hydrogen) atoms. The summed E-state index contributed by atoms with van der Waals surface area (Å²) in [6.45, 7) is 1.14. The van der Waals surface area contributed by atoms with E-state index in [0.29, 0.717) is 13.2 Å². The summed E-state index contributed by atoms with van der Waals surface area (Å²) in [6.07, 6.45) is 0.848. The number of rotatable bonds is 0. The van der Waals surface area contributed by atoms with E-state index in [0.717, 1.165) is 12.0 Å². The summed E-state index contributed by atoms with van der Waals surface area (Å²) < 4.78 is 6.17. The highest BCUT2D eigenvalue weighted by molar-refractivity contribution is 6.06. The molecule has 3 aliphatic heterocycles. The largest absolute Gasteiger partial charge is 0.355 e. The minimum absolute atomic E-state index is 0.0830. The summed E-state index contributed by atoms with van der Waals surface area (Å²) in [4.78, 5) is 28.2. The average Bonchev–Trinajstić information content (AvgIpc) is 2.89. The van der Waals surface area contributed by atoms with E-state index in [4.69, 9.17) is 4.74 Å². The lowest BCUT2D eigenvalue weighted by atomic mass is 9.81. The topological polar surface area (TPSA) is 49.9 Å². The standard InChI is InChI=1S/C16H18N2O3/c1-17-9-11-13(15(20)18(2)14(11)19)16(17)12-6-4-3-5-10(12)7-8-21-16/h3-6,11,13H,7-9H2,1-2H3/t11?,13?,16-/m0/s1. The van der Waals surface area contributed by atoms with Crippen LogP contribution in [0.5, 0.6) is 0 Å². The Balaban J connectivity index is 1.92. The fourth-order valence-corrected chi connectivity index (χ4v) is 4.23. The molecule has 2 saturated heterocycles. The van der Waals surface area contributed by atoms with Crippen molar-refractivity contribution in [2.75, 3.05) is 27.2 Å². The second-order valence-electron chi connectivity index (χ2n) is 6.15. The smallest absolute Gasteiger partial charge is 0.237 e. The van der Waals surface area contributed by atoms with Gasteiger partial charge in [-0.3, -0.25) is 19.4 Å². The highest BCUT2D eigenvalue weighted by Gasteiger charge is 2.65. The van der Waals surface area contributed by atoms with Gasteiger partial charge in [-0.05, 0) is 19.0 Å². The van der Waals surface area contributed by atoms with Gasteiger partial charge in [-0.1, -0.05) is 24.3 Å². The number of benzene rings is 1. The van der Waals surface area contributed by atoms with E-state index in [-0.39, 0.29) is 17.7 Å². The van der Waals surface area contributed by atoms with Crippen molar-refractivity contribution >= 4 is 11.8 Å². The zero-order valence-corrected chi connectivity index (χ0v) is 12.2. The van der Waals surface area contributed by atoms with Gasteiger partial charge in [0.2, 0.25) is 11.8 Å². The minimum Gasteiger partial charge on any atom is -0.355 e. The number of nitrogens with zero attached hydrogens (tertiary/aromatic N) is 2. The zero-order chi connectivity index (χ0) is 14.8. The summed E-state index contributed by atoms with van der Waals surface area (Å²) in [6, 6.07) is 8.11. The predicted molar refractivity (Wildman–Crippen MR) is 75.2 cm³/mol. The monoisotopic (exact) mass is 286 g/mol. The number of likely N-dealkylation sites (tertiary alicyclic amines) is 2. The summed E-state index contributed by atoms with van der Waals surface area (Å²) in [5.41, 5.74) is 1.48. The molecule has 1 aromatic rings. The van der Waals surface area contributed by atoms with Crippen molar-refractivity contribution in [2.45, 2.75) is 12.1 Å². The maximum Gasteiger partial charge on any atom is 0.237 e. The maximum absolute atomic E-state index is 12.6. The molecule has 3 heterocycles. The molecule has 4 rings (SSSR count). The van der Waals surface area contributed by atoms with Gasteiger partial charge in [0.15, 0.2) is 5.72 Å². The summed E-state index contributed by atoms with van der Waals surface area (Å²) in [5, 5.41) is 0. The molecule has 0 radical (unpaired) electrons. The number of fused-ring (bicyclic) bond motifs is 4. The molecule has 2 unspecified atom stereocenters. The predicted octanol–water partition coefficient (Wildman–Crippen LogP) is 0.588. The Bertz CT molecular complexity index is 644. The van der Waals surface area contributed by atoms with Gasteiger partial charge in [0.05, 0.1) is 18.4 Å². The maximum atomic E-state index is 12.6. The average molecular weight is 286 g/mol. The van der Waals surface area contributed by atoms with Crippen molar-refractivity contribution in [3.63, 3.8) is 0 Å². The van der Waals surface area contributed by atoms with Crippen LogP contribution in [-0.4, -0.2) is 48.9 Å². The molecule has 2 amide bonds. The number of imide groups is 1. The first-order chi connectivity index (χ1) is 10.1. The second-order valence-corrected chi connectivity index (χ2v) is 6.15. The molecule has 0 saturated carbocycles. The van der Waals surface area contributed by atoms with Crippen molar-refractivity contribution in [3.8, 4) is 0 Å². The van der Waals surface area contributed by atoms with Crippen LogP contribution >= 0.6 is 0 Å². The Morgan fingerprint density at radius 1 is 1.19 bits per heavy atom. The molecular weight excluding hydrogens is 268 g/mol. The molecule has 5 heteroatoms. The summed E-state index contributed by atoms with van der Waals surface area (Å²) in [5.74, 6) is -0.925. The number of amides is 2. The zero-order valence-electron chi connectivity index (χ0n) is 12.2. The molecule has 2 fully saturated rings. The van der Waals surface area contributed by atoms with Gasteiger partial charge in [0, 0.05) is 19.2 Å². The molecule has 3 aliphatic rings. The van der Waals surface area contributed by atoms with Crippen LogP contribution in [0, 0.1) is 11.8 Å². The van der Waals surface area contributed by atoms with Crippen LogP contribution in [0.4, 0.5) is 0 Å². The van der Waals surface area contributed by atoms with Gasteiger partial charge >= 0.3 is 0 Å². The van der Waals surface area contributed by atoms with Gasteiger partial charge in [0.1, 0.15) is 0 Å². The molecule has 3 atom stereocenters. The van der Waals surface area contributed by atoms with Crippen molar-refractivity contribution in [2.24, 2.45) is 11.8 Å². The van der Waals surface area contributed by atoms with Gasteiger partial charge in [-0.15, -0.1) is 0 Å². The first kappa shape index (κ1) is 13.0. The number of ether oxygens (including phenoxy) is 1. The molecular formula is C16H18N2O3. The van der Waals surface area contributed by atoms with E-state index in [9.17, 15) is 9.59 Å². The van der Waals surface area contributed by atoms with E-state index in [2.05, 4.69) is 6.07 Å². The summed E-state index contributed by atoms with van der Waals surface area (Å²) in [7, 11) is 3.52. The second kappa shape index (κ2) is 4.15. The Kier molecular flexibility index (Phi) is 2.56. The van der Waals surface area contributed by atoms with Crippen LogP contribution in [0.15, 0.2) is 24.3 Å². The Morgan fingerprint density at radius 3 is 2.76 bits per heavy atom. The van der Waals surface area contributed by atoms with Gasteiger partial charge in [-0.2, -0.15) is 0 Å². The molecule has 0 aliphatic carbocycles. The van der Waals surface area contributed by atoms with Crippen molar-refractivity contribution in [1.82, 2.24) is 9.80 Å². The molecule has 0 aromatic heterocycles. The highest BCUT2D eigenvalue weighted by Crippen LogP contribution is 2.52. The van der Waals surface area contributed by atoms with E-state index >= 15 is 0 Å². The molecule has 110 valence electrons. The van der Waals surface area contributed by atoms with Crippen LogP contribution in [-0.2, 0) is 26.5 Å². The van der Waals surface area contributed by atoms with Gasteiger partial charge in [0.25, 0.3) is 0 Å². The van der Waals surface area contributed by atoms with E-state index in [1.807, 2.05) is 30.1 Å². The molecule has 0 bridgehead atoms. The van der Waals surface area contributed by atoms with Crippen LogP contribution in [0.25, 0.3) is 0 Å². The third-order valence-electron chi connectivity index (χ3n) is 5.20. The number of hydrogen-bond acceptors (Lipinski definition) is 4. The fraction of sp³-hybridized carbons (Fsp3) is 0.500. The molecule has 1 aromatic carbocycles. The van der Waals surface area contributed by atoms with E-state index in [1.165, 1.54) is 10.5 Å². The van der Waals surface area contributed by atoms with Crippen LogP contribution < -0.4 is 0 Å². The normalized spacial score (nSPS) is 35.4. The lowest BCUT2D eigenvalue weighted by Gasteiger charge is -2.43. The number of carbonyl (C=O) groups excluding carboxylic acids is 2. The SMILES string of the molecule is CN1C(=O)C2CN(C)[C@@]3(OCCc4ccccc43)C2C1=O.